The number of amides is 2. The molecule has 1 saturated heterocycles. The molecule has 0 bridgehead atoms. The molecule has 1 heterocycles. The molecule has 0 atom stereocenters. The molecule has 1 aromatic rings. The molecular formula is C19H29N3O4. The van der Waals surface area contributed by atoms with Gasteiger partial charge in [-0.25, -0.2) is 4.79 Å². The predicted molar refractivity (Wildman–Crippen MR) is 99.1 cm³/mol. The maximum absolute atomic E-state index is 12.1. The van der Waals surface area contributed by atoms with Gasteiger partial charge in [0.25, 0.3) is 0 Å². The van der Waals surface area contributed by atoms with Gasteiger partial charge in [0.15, 0.2) is 0 Å². The van der Waals surface area contributed by atoms with E-state index >= 15 is 0 Å². The van der Waals surface area contributed by atoms with Crippen molar-refractivity contribution in [2.45, 2.75) is 38.8 Å². The lowest BCUT2D eigenvalue weighted by atomic mass is 10.1. The summed E-state index contributed by atoms with van der Waals surface area (Å²) in [6.07, 6.45) is 1.68. The molecule has 2 amide bonds. The molecule has 1 fully saturated rings. The summed E-state index contributed by atoms with van der Waals surface area (Å²) < 4.78 is 10.3. The zero-order valence-corrected chi connectivity index (χ0v) is 15.6. The maximum Gasteiger partial charge on any atom is 0.409 e. The summed E-state index contributed by atoms with van der Waals surface area (Å²) in [5, 5.41) is 6.32. The van der Waals surface area contributed by atoms with Crippen LogP contribution in [0.25, 0.3) is 0 Å². The van der Waals surface area contributed by atoms with Gasteiger partial charge in [0.2, 0.25) is 5.91 Å². The normalized spacial score (nSPS) is 14.8. The summed E-state index contributed by atoms with van der Waals surface area (Å²) >= 11 is 0. The Kier molecular flexibility index (Phi) is 8.21. The second-order valence-electron chi connectivity index (χ2n) is 6.27. The van der Waals surface area contributed by atoms with Crippen molar-refractivity contribution in [3.8, 4) is 5.75 Å². The van der Waals surface area contributed by atoms with E-state index in [4.69, 9.17) is 9.47 Å². The number of carbonyl (C=O) groups excluding carboxylic acids is 2. The van der Waals surface area contributed by atoms with Crippen LogP contribution in [0.15, 0.2) is 24.3 Å². The smallest absolute Gasteiger partial charge is 0.409 e. The molecule has 144 valence electrons. The lowest BCUT2D eigenvalue weighted by Crippen LogP contribution is -2.47. The second kappa shape index (κ2) is 10.7. The molecule has 1 aromatic carbocycles. The van der Waals surface area contributed by atoms with Crippen LogP contribution in [-0.2, 0) is 16.1 Å². The van der Waals surface area contributed by atoms with Crippen LogP contribution in [0.5, 0.6) is 5.75 Å². The van der Waals surface area contributed by atoms with Crippen molar-refractivity contribution < 1.29 is 19.1 Å². The van der Waals surface area contributed by atoms with Crippen molar-refractivity contribution in [3.05, 3.63) is 29.8 Å². The Morgan fingerprint density at radius 1 is 1.23 bits per heavy atom. The Hall–Kier alpha value is -2.28. The van der Waals surface area contributed by atoms with Crippen LogP contribution in [0.2, 0.25) is 0 Å². The molecule has 0 aromatic heterocycles. The molecule has 0 radical (unpaired) electrons. The number of ether oxygens (including phenoxy) is 2. The number of nitrogens with one attached hydrogen (secondary N) is 2. The number of hydrogen-bond acceptors (Lipinski definition) is 5. The first-order valence-electron chi connectivity index (χ1n) is 9.17. The van der Waals surface area contributed by atoms with E-state index in [0.717, 1.165) is 24.2 Å². The molecule has 0 spiro atoms. The number of para-hydroxylation sites is 1. The van der Waals surface area contributed by atoms with Crippen molar-refractivity contribution in [2.24, 2.45) is 0 Å². The summed E-state index contributed by atoms with van der Waals surface area (Å²) in [6.45, 7) is 4.69. The predicted octanol–water partition coefficient (Wildman–Crippen LogP) is 1.91. The van der Waals surface area contributed by atoms with Gasteiger partial charge in [0, 0.05) is 44.2 Å². The molecule has 0 unspecified atom stereocenters. The summed E-state index contributed by atoms with van der Waals surface area (Å²) in [5.74, 6) is 0.880. The van der Waals surface area contributed by atoms with Crippen LogP contribution in [-0.4, -0.2) is 56.3 Å². The number of likely N-dealkylation sites (tertiary alicyclic amines) is 1. The van der Waals surface area contributed by atoms with Gasteiger partial charge in [0.05, 0.1) is 13.7 Å². The molecule has 1 aliphatic rings. The topological polar surface area (TPSA) is 79.9 Å². The van der Waals surface area contributed by atoms with E-state index in [9.17, 15) is 9.59 Å². The monoisotopic (exact) mass is 363 g/mol. The number of nitrogens with zero attached hydrogens (tertiary/aromatic N) is 1. The Balaban J connectivity index is 1.62. The van der Waals surface area contributed by atoms with Gasteiger partial charge in [-0.3, -0.25) is 4.79 Å². The lowest BCUT2D eigenvalue weighted by Gasteiger charge is -2.31. The van der Waals surface area contributed by atoms with Gasteiger partial charge in [-0.2, -0.15) is 0 Å². The zero-order chi connectivity index (χ0) is 18.8. The Morgan fingerprint density at radius 2 is 1.96 bits per heavy atom. The molecule has 7 heteroatoms. The average molecular weight is 363 g/mol. The standard InChI is InChI=1S/C19H29N3O4/c1-3-26-19(24)22-12-9-16(10-13-22)21-18(23)8-11-20-14-15-6-4-5-7-17(15)25-2/h4-7,16,20H,3,8-14H2,1-2H3,(H,21,23). The summed E-state index contributed by atoms with van der Waals surface area (Å²) in [4.78, 5) is 25.4. The van der Waals surface area contributed by atoms with Crippen LogP contribution < -0.4 is 15.4 Å². The lowest BCUT2D eigenvalue weighted by molar-refractivity contribution is -0.122. The fourth-order valence-corrected chi connectivity index (χ4v) is 2.99. The van der Waals surface area contributed by atoms with Crippen molar-refractivity contribution >= 4 is 12.0 Å². The fraction of sp³-hybridized carbons (Fsp3) is 0.579. The summed E-state index contributed by atoms with van der Waals surface area (Å²) in [6, 6.07) is 7.95. The van der Waals surface area contributed by atoms with Crippen LogP contribution >= 0.6 is 0 Å². The summed E-state index contributed by atoms with van der Waals surface area (Å²) in [7, 11) is 1.65. The first-order valence-corrected chi connectivity index (χ1v) is 9.17. The molecule has 26 heavy (non-hydrogen) atoms. The van der Waals surface area contributed by atoms with E-state index < -0.39 is 0 Å². The number of rotatable bonds is 8. The van der Waals surface area contributed by atoms with Crippen molar-refractivity contribution in [2.75, 3.05) is 33.4 Å². The molecule has 2 rings (SSSR count). The molecule has 2 N–H and O–H groups in total. The van der Waals surface area contributed by atoms with Crippen LogP contribution in [0.3, 0.4) is 0 Å². The van der Waals surface area contributed by atoms with E-state index in [-0.39, 0.29) is 18.0 Å². The number of carbonyl (C=O) groups is 2. The number of piperidine rings is 1. The van der Waals surface area contributed by atoms with Crippen LogP contribution in [0, 0.1) is 0 Å². The minimum atomic E-state index is -0.266. The highest BCUT2D eigenvalue weighted by Gasteiger charge is 2.24. The van der Waals surface area contributed by atoms with Crippen LogP contribution in [0.4, 0.5) is 4.79 Å². The minimum absolute atomic E-state index is 0.0344. The van der Waals surface area contributed by atoms with Crippen molar-refractivity contribution in [1.29, 1.82) is 0 Å². The van der Waals surface area contributed by atoms with Crippen LogP contribution in [0.1, 0.15) is 31.7 Å². The highest BCUT2D eigenvalue weighted by molar-refractivity contribution is 5.76. The van der Waals surface area contributed by atoms with E-state index in [0.29, 0.717) is 39.2 Å². The quantitative estimate of drug-likeness (QED) is 0.690. The fourth-order valence-electron chi connectivity index (χ4n) is 2.99. The highest BCUT2D eigenvalue weighted by Crippen LogP contribution is 2.16. The van der Waals surface area contributed by atoms with E-state index in [1.165, 1.54) is 0 Å². The Bertz CT molecular complexity index is 586. The number of methoxy groups -OCH3 is 1. The molecule has 7 nitrogen and oxygen atoms in total. The van der Waals surface area contributed by atoms with Gasteiger partial charge in [-0.15, -0.1) is 0 Å². The molecular weight excluding hydrogens is 334 g/mol. The molecule has 0 aliphatic carbocycles. The SMILES string of the molecule is CCOC(=O)N1CCC(NC(=O)CCNCc2ccccc2OC)CC1. The summed E-state index contributed by atoms with van der Waals surface area (Å²) in [5.41, 5.74) is 1.07. The second-order valence-corrected chi connectivity index (χ2v) is 6.27. The third-order valence-electron chi connectivity index (χ3n) is 4.42. The third-order valence-corrected chi connectivity index (χ3v) is 4.42. The number of benzene rings is 1. The maximum atomic E-state index is 12.1. The Labute approximate surface area is 155 Å². The van der Waals surface area contributed by atoms with E-state index in [1.54, 1.807) is 18.9 Å². The first kappa shape index (κ1) is 20.0. The van der Waals surface area contributed by atoms with E-state index in [2.05, 4.69) is 10.6 Å². The van der Waals surface area contributed by atoms with E-state index in [1.807, 2.05) is 24.3 Å². The zero-order valence-electron chi connectivity index (χ0n) is 15.6. The van der Waals surface area contributed by atoms with Crippen molar-refractivity contribution in [3.63, 3.8) is 0 Å². The average Bonchev–Trinajstić information content (AvgIpc) is 2.66. The van der Waals surface area contributed by atoms with Gasteiger partial charge in [-0.1, -0.05) is 18.2 Å². The minimum Gasteiger partial charge on any atom is -0.496 e. The Morgan fingerprint density at radius 3 is 2.65 bits per heavy atom. The third kappa shape index (κ3) is 6.22. The number of hydrogen-bond donors (Lipinski definition) is 2. The van der Waals surface area contributed by atoms with Gasteiger partial charge in [0.1, 0.15) is 5.75 Å². The van der Waals surface area contributed by atoms with Gasteiger partial charge < -0.3 is 25.0 Å². The highest BCUT2D eigenvalue weighted by atomic mass is 16.6. The van der Waals surface area contributed by atoms with Crippen molar-refractivity contribution in [1.82, 2.24) is 15.5 Å². The van der Waals surface area contributed by atoms with Gasteiger partial charge >= 0.3 is 6.09 Å². The molecule has 1 aliphatic heterocycles. The van der Waals surface area contributed by atoms with Gasteiger partial charge in [-0.05, 0) is 25.8 Å². The largest absolute Gasteiger partial charge is 0.496 e. The molecule has 0 saturated carbocycles. The first-order chi connectivity index (χ1) is 12.6.